The Morgan fingerprint density at radius 1 is 1.07 bits per heavy atom. The van der Waals surface area contributed by atoms with Crippen LogP contribution in [0.15, 0.2) is 42.5 Å². The van der Waals surface area contributed by atoms with Crippen LogP contribution in [0.25, 0.3) is 11.4 Å². The Balaban J connectivity index is 1.56. The van der Waals surface area contributed by atoms with Crippen molar-refractivity contribution in [3.63, 3.8) is 0 Å². The Labute approximate surface area is 243 Å². The van der Waals surface area contributed by atoms with Crippen molar-refractivity contribution in [1.82, 2.24) is 14.6 Å². The third-order valence-corrected chi connectivity index (χ3v) is 6.94. The van der Waals surface area contributed by atoms with Crippen LogP contribution in [-0.2, 0) is 10.7 Å². The number of alkyl halides is 2. The van der Waals surface area contributed by atoms with Crippen LogP contribution in [0.4, 0.5) is 25.0 Å². The lowest BCUT2D eigenvalue weighted by molar-refractivity contribution is -0.00826. The molecule has 1 aromatic heterocycles. The highest BCUT2D eigenvalue weighted by Gasteiger charge is 2.30. The van der Waals surface area contributed by atoms with Gasteiger partial charge >= 0.3 is 6.09 Å². The first-order valence-electron chi connectivity index (χ1n) is 13.7. The zero-order chi connectivity index (χ0) is 30.8. The van der Waals surface area contributed by atoms with Gasteiger partial charge in [0.25, 0.3) is 11.8 Å². The Morgan fingerprint density at radius 2 is 1.76 bits per heavy atom. The molecule has 2 heterocycles. The second kappa shape index (κ2) is 11.9. The van der Waals surface area contributed by atoms with E-state index in [2.05, 4.69) is 15.2 Å². The van der Waals surface area contributed by atoms with E-state index >= 15 is 0 Å². The average Bonchev–Trinajstić information content (AvgIpc) is 3.25. The van der Waals surface area contributed by atoms with Crippen LogP contribution in [0.3, 0.4) is 0 Å². The maximum atomic E-state index is 14.2. The molecule has 12 heteroatoms. The molecule has 1 aliphatic rings. The molecule has 1 saturated heterocycles. The number of halogens is 2. The fraction of sp³-hybridized carbons (Fsp3) is 0.433. The highest BCUT2D eigenvalue weighted by molar-refractivity contribution is 6.04. The molecule has 0 aliphatic carbocycles. The van der Waals surface area contributed by atoms with Gasteiger partial charge in [-0.2, -0.15) is 4.73 Å². The van der Waals surface area contributed by atoms with Gasteiger partial charge in [-0.1, -0.05) is 19.1 Å². The third-order valence-electron chi connectivity index (χ3n) is 6.94. The second-order valence-electron chi connectivity index (χ2n) is 11.1. The number of hydrogen-bond acceptors (Lipinski definition) is 7. The molecule has 0 unspecified atom stereocenters. The number of carbonyl (C=O) groups is 2. The number of imidazole rings is 1. The van der Waals surface area contributed by atoms with Crippen LogP contribution < -0.4 is 15.0 Å². The first-order valence-corrected chi connectivity index (χ1v) is 13.7. The van der Waals surface area contributed by atoms with E-state index in [0.29, 0.717) is 42.2 Å². The Kier molecular flexibility index (Phi) is 8.65. The van der Waals surface area contributed by atoms with E-state index in [0.717, 1.165) is 5.69 Å². The molecular formula is C30H37F2N5O5. The second-order valence-corrected chi connectivity index (χ2v) is 11.1. The largest absolute Gasteiger partial charge is 0.495 e. The topological polar surface area (TPSA) is 109 Å². The van der Waals surface area contributed by atoms with Gasteiger partial charge in [-0.3, -0.25) is 4.79 Å². The van der Waals surface area contributed by atoms with E-state index in [-0.39, 0.29) is 41.0 Å². The van der Waals surface area contributed by atoms with Crippen molar-refractivity contribution < 1.29 is 33.1 Å². The van der Waals surface area contributed by atoms with E-state index in [1.807, 2.05) is 20.8 Å². The summed E-state index contributed by atoms with van der Waals surface area (Å²) >= 11 is 0. The molecule has 226 valence electrons. The standard InChI is InChI=1S/C30H37F2N5O5/c1-7-30(31,32)21-9-8-10-22(18-21)34-27(38)25-19(2)33-26(37(25)40)20-11-12-24(41-6)23(17-20)35-13-15-36(16-14-35)28(39)42-29(3,4)5/h8-12,17-18,40H,7,13-16H2,1-6H3,(H,34,38). The number of anilines is 2. The zero-order valence-corrected chi connectivity index (χ0v) is 24.7. The SMILES string of the molecule is CCC(F)(F)c1cccc(NC(=O)c2c(C)nc(-c3ccc(OC)c(N4CCN(C(=O)OC(C)(C)C)CC4)c3)n2O)c1. The monoisotopic (exact) mass is 585 g/mol. The number of nitrogens with one attached hydrogen (secondary N) is 1. The summed E-state index contributed by atoms with van der Waals surface area (Å²) < 4.78 is 40.1. The van der Waals surface area contributed by atoms with Gasteiger partial charge in [-0.05, 0) is 58.0 Å². The quantitative estimate of drug-likeness (QED) is 0.332. The van der Waals surface area contributed by atoms with Crippen molar-refractivity contribution in [3.8, 4) is 17.1 Å². The molecule has 10 nitrogen and oxygen atoms in total. The summed E-state index contributed by atoms with van der Waals surface area (Å²) in [5.74, 6) is -3.01. The third kappa shape index (κ3) is 6.58. The first-order chi connectivity index (χ1) is 19.7. The van der Waals surface area contributed by atoms with Crippen molar-refractivity contribution in [2.24, 2.45) is 0 Å². The van der Waals surface area contributed by atoms with Crippen LogP contribution >= 0.6 is 0 Å². The lowest BCUT2D eigenvalue weighted by Gasteiger charge is -2.37. The summed E-state index contributed by atoms with van der Waals surface area (Å²) in [6, 6.07) is 10.7. The minimum absolute atomic E-state index is 0.124. The number of benzene rings is 2. The molecule has 2 aromatic carbocycles. The number of amides is 2. The fourth-order valence-corrected chi connectivity index (χ4v) is 4.72. The van der Waals surface area contributed by atoms with Crippen LogP contribution in [0, 0.1) is 6.92 Å². The van der Waals surface area contributed by atoms with E-state index in [1.54, 1.807) is 37.1 Å². The van der Waals surface area contributed by atoms with Crippen LogP contribution in [0.5, 0.6) is 5.75 Å². The molecule has 1 fully saturated rings. The number of hydrogen-bond donors (Lipinski definition) is 2. The first kappa shape index (κ1) is 30.6. The maximum Gasteiger partial charge on any atom is 0.410 e. The molecule has 2 N–H and O–H groups in total. The van der Waals surface area contributed by atoms with Gasteiger partial charge < -0.3 is 29.8 Å². The summed E-state index contributed by atoms with van der Waals surface area (Å²) in [4.78, 5) is 33.8. The van der Waals surface area contributed by atoms with Gasteiger partial charge in [0.05, 0.1) is 18.5 Å². The van der Waals surface area contributed by atoms with Gasteiger partial charge in [0, 0.05) is 49.4 Å². The molecule has 0 saturated carbocycles. The summed E-state index contributed by atoms with van der Waals surface area (Å²) in [6.07, 6.45) is -0.739. The van der Waals surface area contributed by atoms with Crippen molar-refractivity contribution in [2.75, 3.05) is 43.5 Å². The molecule has 0 spiro atoms. The van der Waals surface area contributed by atoms with Gasteiger partial charge in [0.1, 0.15) is 11.4 Å². The van der Waals surface area contributed by atoms with Gasteiger partial charge in [0.2, 0.25) is 0 Å². The van der Waals surface area contributed by atoms with Crippen LogP contribution in [-0.4, -0.2) is 70.7 Å². The number of carbonyl (C=O) groups excluding carboxylic acids is 2. The minimum Gasteiger partial charge on any atom is -0.495 e. The molecule has 4 rings (SSSR count). The van der Waals surface area contributed by atoms with Crippen molar-refractivity contribution in [1.29, 1.82) is 0 Å². The molecule has 0 bridgehead atoms. The Hall–Kier alpha value is -4.35. The van der Waals surface area contributed by atoms with Gasteiger partial charge in [-0.15, -0.1) is 0 Å². The van der Waals surface area contributed by atoms with Gasteiger partial charge in [0.15, 0.2) is 11.5 Å². The molecule has 0 atom stereocenters. The number of aromatic nitrogens is 2. The summed E-state index contributed by atoms with van der Waals surface area (Å²) in [7, 11) is 1.56. The van der Waals surface area contributed by atoms with E-state index < -0.39 is 17.4 Å². The average molecular weight is 586 g/mol. The molecule has 1 aliphatic heterocycles. The lowest BCUT2D eigenvalue weighted by Crippen LogP contribution is -2.50. The number of nitrogens with zero attached hydrogens (tertiary/aromatic N) is 4. The normalized spacial score (nSPS) is 14.1. The highest BCUT2D eigenvalue weighted by atomic mass is 19.3. The smallest absolute Gasteiger partial charge is 0.410 e. The van der Waals surface area contributed by atoms with Gasteiger partial charge in [-0.25, -0.2) is 18.6 Å². The molecule has 42 heavy (non-hydrogen) atoms. The lowest BCUT2D eigenvalue weighted by atomic mass is 10.1. The molecular weight excluding hydrogens is 548 g/mol. The molecule has 0 radical (unpaired) electrons. The summed E-state index contributed by atoms with van der Waals surface area (Å²) in [5.41, 5.74) is 0.762. The van der Waals surface area contributed by atoms with Crippen molar-refractivity contribution in [3.05, 3.63) is 59.4 Å². The summed E-state index contributed by atoms with van der Waals surface area (Å²) in [6.45, 7) is 10.4. The van der Waals surface area contributed by atoms with E-state index in [4.69, 9.17) is 9.47 Å². The number of piperazine rings is 1. The predicted molar refractivity (Wildman–Crippen MR) is 155 cm³/mol. The Morgan fingerprint density at radius 3 is 2.38 bits per heavy atom. The van der Waals surface area contributed by atoms with Crippen LogP contribution in [0.1, 0.15) is 55.9 Å². The number of methoxy groups -OCH3 is 1. The highest BCUT2D eigenvalue weighted by Crippen LogP contribution is 2.35. The Bertz CT molecular complexity index is 1460. The number of ether oxygens (including phenoxy) is 2. The van der Waals surface area contributed by atoms with E-state index in [9.17, 15) is 23.6 Å². The maximum absolute atomic E-state index is 14.2. The van der Waals surface area contributed by atoms with Crippen LogP contribution in [0.2, 0.25) is 0 Å². The number of aryl methyl sites for hydroxylation is 1. The summed E-state index contributed by atoms with van der Waals surface area (Å²) in [5, 5.41) is 13.6. The minimum atomic E-state index is -3.03. The fourth-order valence-electron chi connectivity index (χ4n) is 4.72. The zero-order valence-electron chi connectivity index (χ0n) is 24.7. The number of rotatable bonds is 7. The molecule has 2 amide bonds. The molecule has 3 aromatic rings. The van der Waals surface area contributed by atoms with Crippen molar-refractivity contribution >= 4 is 23.4 Å². The van der Waals surface area contributed by atoms with E-state index in [1.165, 1.54) is 31.2 Å². The predicted octanol–water partition coefficient (Wildman–Crippen LogP) is 5.92. The van der Waals surface area contributed by atoms with Crippen molar-refractivity contribution in [2.45, 2.75) is 52.6 Å².